The second-order valence-corrected chi connectivity index (χ2v) is 7.10. The summed E-state index contributed by atoms with van der Waals surface area (Å²) in [6.07, 6.45) is 6.12. The Bertz CT molecular complexity index is 687. The molecular weight excluding hydrogens is 340 g/mol. The van der Waals surface area contributed by atoms with E-state index in [9.17, 15) is 4.79 Å². The van der Waals surface area contributed by atoms with Gasteiger partial charge in [-0.3, -0.25) is 4.79 Å². The predicted molar refractivity (Wildman–Crippen MR) is 101 cm³/mol. The highest BCUT2D eigenvalue weighted by Crippen LogP contribution is 2.18. The molecule has 1 atom stereocenters. The molecule has 0 saturated carbocycles. The molecule has 7 nitrogen and oxygen atoms in total. The smallest absolute Gasteiger partial charge is 0.226 e. The first-order chi connectivity index (χ1) is 12.0. The molecule has 0 bridgehead atoms. The normalized spacial score (nSPS) is 12.5. The van der Waals surface area contributed by atoms with Gasteiger partial charge in [-0.15, -0.1) is 0 Å². The van der Waals surface area contributed by atoms with Crippen LogP contribution in [0.1, 0.15) is 52.9 Å². The Morgan fingerprint density at radius 1 is 1.24 bits per heavy atom. The number of amides is 1. The number of H-pyrrole nitrogens is 1. The predicted octanol–water partition coefficient (Wildman–Crippen LogP) is 3.53. The Balaban J connectivity index is 1.68. The zero-order valence-corrected chi connectivity index (χ0v) is 15.9. The molecule has 0 spiro atoms. The van der Waals surface area contributed by atoms with Gasteiger partial charge in [0, 0.05) is 19.0 Å². The number of aromatic amines is 1. The van der Waals surface area contributed by atoms with E-state index in [0.29, 0.717) is 42.3 Å². The lowest BCUT2D eigenvalue weighted by Crippen LogP contribution is -2.32. The van der Waals surface area contributed by atoms with E-state index in [1.54, 1.807) is 6.33 Å². The van der Waals surface area contributed by atoms with E-state index in [4.69, 9.17) is 11.6 Å². The van der Waals surface area contributed by atoms with Crippen LogP contribution < -0.4 is 10.6 Å². The summed E-state index contributed by atoms with van der Waals surface area (Å²) >= 11 is 5.88. The molecule has 0 unspecified atom stereocenters. The Kier molecular flexibility index (Phi) is 7.43. The van der Waals surface area contributed by atoms with Crippen LogP contribution in [0, 0.1) is 5.92 Å². The lowest BCUT2D eigenvalue weighted by atomic mass is 10.0. The van der Waals surface area contributed by atoms with E-state index in [1.165, 1.54) is 6.42 Å². The molecule has 8 heteroatoms. The van der Waals surface area contributed by atoms with Crippen LogP contribution in [0.3, 0.4) is 0 Å². The fourth-order valence-corrected chi connectivity index (χ4v) is 2.81. The molecule has 0 radical (unpaired) electrons. The summed E-state index contributed by atoms with van der Waals surface area (Å²) in [5.41, 5.74) is 1.24. The molecule has 2 aromatic rings. The second kappa shape index (κ2) is 9.56. The maximum absolute atomic E-state index is 12.0. The van der Waals surface area contributed by atoms with Crippen molar-refractivity contribution in [1.29, 1.82) is 0 Å². The van der Waals surface area contributed by atoms with Gasteiger partial charge in [-0.05, 0) is 37.3 Å². The molecule has 0 aliphatic heterocycles. The molecule has 0 saturated heterocycles. The van der Waals surface area contributed by atoms with Crippen molar-refractivity contribution in [3.05, 3.63) is 11.6 Å². The number of halogens is 1. The van der Waals surface area contributed by atoms with Crippen LogP contribution in [0.2, 0.25) is 5.28 Å². The molecule has 1 amide bonds. The van der Waals surface area contributed by atoms with Crippen molar-refractivity contribution in [2.45, 2.75) is 58.9 Å². The number of hydrogen-bond donors (Lipinski definition) is 3. The standard InChI is InChI=1S/C17H27ClN6O/c1-11(2)6-4-7-12(3)22-13(25)8-5-9-19-15-14-16(21-10-20-14)24-17(18)23-15/h10-12H,4-9H2,1-3H3,(H,22,25)(H2,19,20,21,23,24)/t12-/m1/s1. The van der Waals surface area contributed by atoms with Gasteiger partial charge in [0.25, 0.3) is 0 Å². The van der Waals surface area contributed by atoms with Gasteiger partial charge in [0.15, 0.2) is 11.5 Å². The first kappa shape index (κ1) is 19.4. The van der Waals surface area contributed by atoms with Crippen molar-refractivity contribution >= 4 is 34.5 Å². The minimum Gasteiger partial charge on any atom is -0.368 e. The fraction of sp³-hybridized carbons (Fsp3) is 0.647. The topological polar surface area (TPSA) is 95.6 Å². The third-order valence-corrected chi connectivity index (χ3v) is 4.13. The Hall–Kier alpha value is -1.89. The molecular formula is C17H27ClN6O. The van der Waals surface area contributed by atoms with E-state index >= 15 is 0 Å². The Labute approximate surface area is 153 Å². The van der Waals surface area contributed by atoms with E-state index in [1.807, 2.05) is 0 Å². The van der Waals surface area contributed by atoms with E-state index in [-0.39, 0.29) is 17.2 Å². The summed E-state index contributed by atoms with van der Waals surface area (Å²) in [6, 6.07) is 0.226. The number of carbonyl (C=O) groups is 1. The van der Waals surface area contributed by atoms with Crippen LogP contribution >= 0.6 is 11.6 Å². The summed E-state index contributed by atoms with van der Waals surface area (Å²) in [7, 11) is 0. The van der Waals surface area contributed by atoms with Crippen molar-refractivity contribution in [1.82, 2.24) is 25.3 Å². The molecule has 2 rings (SSSR count). The fourth-order valence-electron chi connectivity index (χ4n) is 2.64. The van der Waals surface area contributed by atoms with E-state index in [2.05, 4.69) is 51.3 Å². The molecule has 0 aliphatic carbocycles. The van der Waals surface area contributed by atoms with Crippen molar-refractivity contribution in [2.24, 2.45) is 5.92 Å². The van der Waals surface area contributed by atoms with Crippen LogP contribution in [0.15, 0.2) is 6.33 Å². The molecule has 2 aromatic heterocycles. The number of aromatic nitrogens is 4. The number of imidazole rings is 1. The van der Waals surface area contributed by atoms with Crippen LogP contribution in [-0.2, 0) is 4.79 Å². The van der Waals surface area contributed by atoms with Crippen LogP contribution in [0.5, 0.6) is 0 Å². The van der Waals surface area contributed by atoms with Gasteiger partial charge in [0.05, 0.1) is 6.33 Å². The lowest BCUT2D eigenvalue weighted by molar-refractivity contribution is -0.121. The number of anilines is 1. The monoisotopic (exact) mass is 366 g/mol. The highest BCUT2D eigenvalue weighted by Gasteiger charge is 2.10. The number of hydrogen-bond acceptors (Lipinski definition) is 5. The number of fused-ring (bicyclic) bond motifs is 1. The molecule has 0 fully saturated rings. The zero-order valence-electron chi connectivity index (χ0n) is 15.1. The number of rotatable bonds is 10. The molecule has 0 aromatic carbocycles. The highest BCUT2D eigenvalue weighted by molar-refractivity contribution is 6.28. The third kappa shape index (κ3) is 6.49. The molecule has 2 heterocycles. The maximum atomic E-state index is 12.0. The Morgan fingerprint density at radius 2 is 2.04 bits per heavy atom. The van der Waals surface area contributed by atoms with E-state index < -0.39 is 0 Å². The molecule has 0 aliphatic rings. The van der Waals surface area contributed by atoms with Gasteiger partial charge in [0.2, 0.25) is 11.2 Å². The van der Waals surface area contributed by atoms with Crippen molar-refractivity contribution in [2.75, 3.05) is 11.9 Å². The minimum atomic E-state index is 0.0891. The van der Waals surface area contributed by atoms with Gasteiger partial charge in [-0.2, -0.15) is 9.97 Å². The molecule has 25 heavy (non-hydrogen) atoms. The highest BCUT2D eigenvalue weighted by atomic mass is 35.5. The third-order valence-electron chi connectivity index (χ3n) is 3.96. The van der Waals surface area contributed by atoms with Crippen molar-refractivity contribution in [3.63, 3.8) is 0 Å². The van der Waals surface area contributed by atoms with Crippen molar-refractivity contribution < 1.29 is 4.79 Å². The summed E-state index contributed by atoms with van der Waals surface area (Å²) in [6.45, 7) is 7.13. The van der Waals surface area contributed by atoms with Gasteiger partial charge >= 0.3 is 0 Å². The van der Waals surface area contributed by atoms with Crippen LogP contribution in [0.4, 0.5) is 5.82 Å². The number of nitrogens with one attached hydrogen (secondary N) is 3. The SMILES string of the molecule is CC(C)CCC[C@@H](C)NC(=O)CCCNc1nc(Cl)nc2nc[nH]c12. The van der Waals surface area contributed by atoms with Gasteiger partial charge in [0.1, 0.15) is 5.52 Å². The zero-order chi connectivity index (χ0) is 18.2. The number of nitrogens with zero attached hydrogens (tertiary/aromatic N) is 3. The van der Waals surface area contributed by atoms with Gasteiger partial charge in [-0.25, -0.2) is 4.98 Å². The largest absolute Gasteiger partial charge is 0.368 e. The minimum absolute atomic E-state index is 0.0891. The summed E-state index contributed by atoms with van der Waals surface area (Å²) in [4.78, 5) is 27.2. The van der Waals surface area contributed by atoms with Crippen LogP contribution in [-0.4, -0.2) is 38.4 Å². The summed E-state index contributed by atoms with van der Waals surface area (Å²) < 4.78 is 0. The molecule has 138 valence electrons. The first-order valence-electron chi connectivity index (χ1n) is 8.85. The average molecular weight is 367 g/mol. The summed E-state index contributed by atoms with van der Waals surface area (Å²) in [5, 5.41) is 6.39. The second-order valence-electron chi connectivity index (χ2n) is 6.77. The average Bonchev–Trinajstić information content (AvgIpc) is 2.99. The quantitative estimate of drug-likeness (QED) is 0.441. The lowest BCUT2D eigenvalue weighted by Gasteiger charge is -2.14. The number of carbonyl (C=O) groups excluding carboxylic acids is 1. The van der Waals surface area contributed by atoms with E-state index in [0.717, 1.165) is 12.8 Å². The van der Waals surface area contributed by atoms with Gasteiger partial charge < -0.3 is 15.6 Å². The maximum Gasteiger partial charge on any atom is 0.226 e. The van der Waals surface area contributed by atoms with Crippen molar-refractivity contribution in [3.8, 4) is 0 Å². The first-order valence-corrected chi connectivity index (χ1v) is 9.23. The van der Waals surface area contributed by atoms with Crippen LogP contribution in [0.25, 0.3) is 11.2 Å². The Morgan fingerprint density at radius 3 is 2.80 bits per heavy atom. The summed E-state index contributed by atoms with van der Waals surface area (Å²) in [5.74, 6) is 1.41. The molecule has 3 N–H and O–H groups in total. The van der Waals surface area contributed by atoms with Gasteiger partial charge in [-0.1, -0.05) is 26.7 Å².